The first-order chi connectivity index (χ1) is 14.4. The third-order valence-electron chi connectivity index (χ3n) is 5.37. The minimum Gasteiger partial charge on any atom is -0.409 e. The molecule has 0 N–H and O–H groups in total. The second kappa shape index (κ2) is 8.77. The SMILES string of the molecule is CC(Cl)c1cccc(OC(=O)OC2CCN(C)C(=O)N2c2nnc(C3CCC3)s2)c1. The van der Waals surface area contributed by atoms with Gasteiger partial charge in [0.25, 0.3) is 0 Å². The van der Waals surface area contributed by atoms with Crippen LogP contribution in [0.2, 0.25) is 0 Å². The highest BCUT2D eigenvalue weighted by atomic mass is 35.5. The van der Waals surface area contributed by atoms with E-state index in [2.05, 4.69) is 10.2 Å². The molecule has 0 spiro atoms. The predicted octanol–water partition coefficient (Wildman–Crippen LogP) is 4.91. The summed E-state index contributed by atoms with van der Waals surface area (Å²) >= 11 is 7.47. The fourth-order valence-corrected chi connectivity index (χ4v) is 4.54. The molecule has 2 unspecified atom stereocenters. The maximum atomic E-state index is 12.8. The van der Waals surface area contributed by atoms with Crippen LogP contribution in [-0.4, -0.2) is 47.1 Å². The van der Waals surface area contributed by atoms with Gasteiger partial charge < -0.3 is 14.4 Å². The van der Waals surface area contributed by atoms with Crippen LogP contribution in [0.3, 0.4) is 0 Å². The molecule has 1 aliphatic carbocycles. The van der Waals surface area contributed by atoms with Gasteiger partial charge >= 0.3 is 12.2 Å². The van der Waals surface area contributed by atoms with Crippen LogP contribution in [0.15, 0.2) is 24.3 Å². The van der Waals surface area contributed by atoms with E-state index in [-0.39, 0.29) is 11.4 Å². The van der Waals surface area contributed by atoms with Crippen LogP contribution >= 0.6 is 22.9 Å². The highest BCUT2D eigenvalue weighted by Crippen LogP contribution is 2.40. The van der Waals surface area contributed by atoms with Gasteiger partial charge in [-0.25, -0.2) is 14.5 Å². The molecule has 2 fully saturated rings. The Hall–Kier alpha value is -2.39. The standard InChI is InChI=1S/C20H23ClN4O4S/c1-12(21)14-7-4-8-15(11-14)28-20(27)29-16-9-10-24(2)19(26)25(16)18-23-22-17(30-18)13-5-3-6-13/h4,7-8,11-13,16H,3,5-6,9-10H2,1-2H3. The smallest absolute Gasteiger partial charge is 0.409 e. The average Bonchev–Trinajstić information content (AvgIpc) is 3.12. The van der Waals surface area contributed by atoms with Crippen molar-refractivity contribution in [3.63, 3.8) is 0 Å². The number of amides is 2. The van der Waals surface area contributed by atoms with Gasteiger partial charge in [-0.05, 0) is 37.5 Å². The Morgan fingerprint density at radius 2 is 2.10 bits per heavy atom. The molecule has 2 aliphatic rings. The number of ether oxygens (including phenoxy) is 2. The topological polar surface area (TPSA) is 84.9 Å². The monoisotopic (exact) mass is 450 g/mol. The van der Waals surface area contributed by atoms with E-state index in [4.69, 9.17) is 21.1 Å². The molecule has 2 amide bonds. The number of hydrogen-bond acceptors (Lipinski definition) is 7. The van der Waals surface area contributed by atoms with Crippen LogP contribution in [0.1, 0.15) is 54.5 Å². The number of benzene rings is 1. The normalized spacial score (nSPS) is 20.6. The van der Waals surface area contributed by atoms with E-state index in [1.54, 1.807) is 30.1 Å². The van der Waals surface area contributed by atoms with Gasteiger partial charge in [0.2, 0.25) is 5.13 Å². The summed E-state index contributed by atoms with van der Waals surface area (Å²) in [6.07, 6.45) is 2.12. The first-order valence-corrected chi connectivity index (χ1v) is 11.2. The van der Waals surface area contributed by atoms with Crippen LogP contribution in [0.25, 0.3) is 0 Å². The lowest BCUT2D eigenvalue weighted by Crippen LogP contribution is -2.55. The highest BCUT2D eigenvalue weighted by molar-refractivity contribution is 7.15. The van der Waals surface area contributed by atoms with Gasteiger partial charge in [-0.3, -0.25) is 0 Å². The lowest BCUT2D eigenvalue weighted by Gasteiger charge is -2.36. The number of alkyl halides is 1. The van der Waals surface area contributed by atoms with Gasteiger partial charge in [-0.1, -0.05) is 29.9 Å². The van der Waals surface area contributed by atoms with Crippen molar-refractivity contribution in [2.24, 2.45) is 0 Å². The van der Waals surface area contributed by atoms with Crippen LogP contribution in [0.4, 0.5) is 14.7 Å². The van der Waals surface area contributed by atoms with Gasteiger partial charge in [0.15, 0.2) is 6.23 Å². The number of carbonyl (C=O) groups is 2. The quantitative estimate of drug-likeness (QED) is 0.365. The van der Waals surface area contributed by atoms with Crippen molar-refractivity contribution in [1.29, 1.82) is 0 Å². The largest absolute Gasteiger partial charge is 0.515 e. The summed E-state index contributed by atoms with van der Waals surface area (Å²) in [4.78, 5) is 28.2. The molecule has 1 aromatic heterocycles. The molecule has 160 valence electrons. The van der Waals surface area contributed by atoms with Gasteiger partial charge in [0.05, 0.1) is 5.38 Å². The first-order valence-electron chi connectivity index (χ1n) is 9.92. The zero-order chi connectivity index (χ0) is 21.3. The van der Waals surface area contributed by atoms with Crippen molar-refractivity contribution >= 4 is 40.3 Å². The average molecular weight is 451 g/mol. The number of hydrogen-bond donors (Lipinski definition) is 0. The first kappa shape index (κ1) is 20.9. The van der Waals surface area contributed by atoms with Crippen LogP contribution in [0, 0.1) is 0 Å². The fourth-order valence-electron chi connectivity index (χ4n) is 3.35. The molecule has 1 saturated carbocycles. The Bertz CT molecular complexity index is 933. The Labute approximate surface area is 183 Å². The molecule has 2 aromatic rings. The van der Waals surface area contributed by atoms with Crippen LogP contribution in [0.5, 0.6) is 5.75 Å². The van der Waals surface area contributed by atoms with Gasteiger partial charge in [0.1, 0.15) is 10.8 Å². The Kier molecular flexibility index (Phi) is 6.10. The molecule has 0 bridgehead atoms. The van der Waals surface area contributed by atoms with Crippen molar-refractivity contribution in [1.82, 2.24) is 15.1 Å². The molecule has 1 aliphatic heterocycles. The lowest BCUT2D eigenvalue weighted by atomic mass is 9.86. The number of carbonyl (C=O) groups excluding carboxylic acids is 2. The van der Waals surface area contributed by atoms with Gasteiger partial charge in [0, 0.05) is 25.9 Å². The van der Waals surface area contributed by atoms with E-state index in [1.165, 1.54) is 22.7 Å². The second-order valence-corrected chi connectivity index (χ2v) is 9.17. The number of nitrogens with zero attached hydrogens (tertiary/aromatic N) is 4. The summed E-state index contributed by atoms with van der Waals surface area (Å²) in [5, 5.41) is 9.59. The minimum absolute atomic E-state index is 0.214. The van der Waals surface area contributed by atoms with E-state index in [9.17, 15) is 9.59 Å². The summed E-state index contributed by atoms with van der Waals surface area (Å²) in [5.41, 5.74) is 0.829. The summed E-state index contributed by atoms with van der Waals surface area (Å²) < 4.78 is 10.8. The molecule has 8 nitrogen and oxygen atoms in total. The maximum absolute atomic E-state index is 12.8. The van der Waals surface area contributed by atoms with Crippen molar-refractivity contribution < 1.29 is 19.1 Å². The zero-order valence-electron chi connectivity index (χ0n) is 16.8. The summed E-state index contributed by atoms with van der Waals surface area (Å²) in [6.45, 7) is 2.29. The fraction of sp³-hybridized carbons (Fsp3) is 0.500. The third-order valence-corrected chi connectivity index (χ3v) is 6.71. The number of anilines is 1. The number of aromatic nitrogens is 2. The maximum Gasteiger partial charge on any atom is 0.515 e. The summed E-state index contributed by atoms with van der Waals surface area (Å²) in [7, 11) is 1.70. The second-order valence-electron chi connectivity index (χ2n) is 7.53. The molecule has 2 atom stereocenters. The Morgan fingerprint density at radius 3 is 2.80 bits per heavy atom. The molecular weight excluding hydrogens is 428 g/mol. The Morgan fingerprint density at radius 1 is 1.30 bits per heavy atom. The van der Waals surface area contributed by atoms with Crippen molar-refractivity contribution in [2.45, 2.75) is 50.1 Å². The predicted molar refractivity (Wildman–Crippen MR) is 113 cm³/mol. The van der Waals surface area contributed by atoms with E-state index in [0.29, 0.717) is 29.8 Å². The number of rotatable bonds is 5. The van der Waals surface area contributed by atoms with Gasteiger partial charge in [-0.15, -0.1) is 21.8 Å². The molecule has 0 radical (unpaired) electrons. The molecule has 4 rings (SSSR count). The molecule has 2 heterocycles. The molecule has 1 aromatic carbocycles. The number of halogens is 1. The van der Waals surface area contributed by atoms with Crippen molar-refractivity contribution in [3.05, 3.63) is 34.8 Å². The van der Waals surface area contributed by atoms with E-state index < -0.39 is 12.4 Å². The van der Waals surface area contributed by atoms with E-state index in [1.807, 2.05) is 13.0 Å². The molecule has 10 heteroatoms. The zero-order valence-corrected chi connectivity index (χ0v) is 18.4. The van der Waals surface area contributed by atoms with E-state index in [0.717, 1.165) is 23.4 Å². The lowest BCUT2D eigenvalue weighted by molar-refractivity contribution is 0.0434. The summed E-state index contributed by atoms with van der Waals surface area (Å²) in [6, 6.07) is 6.66. The van der Waals surface area contributed by atoms with Crippen molar-refractivity contribution in [2.75, 3.05) is 18.5 Å². The Balaban J connectivity index is 1.48. The highest BCUT2D eigenvalue weighted by Gasteiger charge is 2.38. The summed E-state index contributed by atoms with van der Waals surface area (Å²) in [5.74, 6) is 0.744. The minimum atomic E-state index is -0.884. The molecule has 1 saturated heterocycles. The third kappa shape index (κ3) is 4.37. The van der Waals surface area contributed by atoms with E-state index >= 15 is 0 Å². The van der Waals surface area contributed by atoms with Crippen molar-refractivity contribution in [3.8, 4) is 5.75 Å². The number of urea groups is 1. The van der Waals surface area contributed by atoms with Crippen LogP contribution < -0.4 is 9.64 Å². The van der Waals surface area contributed by atoms with Gasteiger partial charge in [-0.2, -0.15) is 0 Å². The van der Waals surface area contributed by atoms with Crippen LogP contribution in [-0.2, 0) is 4.74 Å². The molecular formula is C20H23ClN4O4S. The molecule has 30 heavy (non-hydrogen) atoms.